The number of hydrogen-bond acceptors (Lipinski definition) is 5. The van der Waals surface area contributed by atoms with Gasteiger partial charge in [-0.3, -0.25) is 0 Å². The van der Waals surface area contributed by atoms with Crippen LogP contribution in [-0.4, -0.2) is 33.6 Å². The number of thioether (sulfide) groups is 1. The Morgan fingerprint density at radius 2 is 1.94 bits per heavy atom. The van der Waals surface area contributed by atoms with Gasteiger partial charge in [0.2, 0.25) is 0 Å². The number of benzene rings is 1. The Hall–Kier alpha value is -1.07. The fourth-order valence-corrected chi connectivity index (χ4v) is 1.94. The Labute approximate surface area is 100 Å². The second-order valence-corrected chi connectivity index (χ2v) is 3.97. The van der Waals surface area contributed by atoms with Gasteiger partial charge >= 0.3 is 0 Å². The van der Waals surface area contributed by atoms with Crippen molar-refractivity contribution < 1.29 is 9.47 Å². The van der Waals surface area contributed by atoms with Crippen LogP contribution in [0.25, 0.3) is 0 Å². The van der Waals surface area contributed by atoms with Gasteiger partial charge in [-0.25, -0.2) is 0 Å². The average molecular weight is 242 g/mol. The van der Waals surface area contributed by atoms with Gasteiger partial charge in [0.15, 0.2) is 0 Å². The molecule has 0 fully saturated rings. The molecule has 1 rings (SSSR count). The van der Waals surface area contributed by atoms with Crippen molar-refractivity contribution in [2.45, 2.75) is 4.90 Å². The van der Waals surface area contributed by atoms with Crippen LogP contribution < -0.4 is 20.5 Å². The van der Waals surface area contributed by atoms with Gasteiger partial charge in [-0.2, -0.15) is 0 Å². The van der Waals surface area contributed by atoms with Crippen LogP contribution in [0.15, 0.2) is 17.0 Å². The van der Waals surface area contributed by atoms with Gasteiger partial charge in [-0.1, -0.05) is 0 Å². The topological polar surface area (TPSA) is 56.5 Å². The molecule has 0 heterocycles. The summed E-state index contributed by atoms with van der Waals surface area (Å²) < 4.78 is 10.6. The summed E-state index contributed by atoms with van der Waals surface area (Å²) in [5.41, 5.74) is 6.36. The third kappa shape index (κ3) is 2.96. The van der Waals surface area contributed by atoms with Gasteiger partial charge in [-0.05, 0) is 12.3 Å². The summed E-state index contributed by atoms with van der Waals surface area (Å²) in [6.45, 7) is 1.29. The molecule has 0 saturated carbocycles. The number of hydrogen-bond donors (Lipinski definition) is 2. The van der Waals surface area contributed by atoms with Gasteiger partial charge in [0, 0.05) is 19.2 Å². The molecule has 0 spiro atoms. The van der Waals surface area contributed by atoms with Crippen molar-refractivity contribution in [2.75, 3.05) is 38.9 Å². The molecule has 3 N–H and O–H groups in total. The summed E-state index contributed by atoms with van der Waals surface area (Å²) in [6, 6.07) is 3.89. The minimum Gasteiger partial charge on any atom is -0.496 e. The molecule has 0 amide bonds. The Morgan fingerprint density at radius 1 is 1.25 bits per heavy atom. The highest BCUT2D eigenvalue weighted by molar-refractivity contribution is 7.98. The molecule has 0 aliphatic carbocycles. The van der Waals surface area contributed by atoms with Crippen molar-refractivity contribution >= 4 is 17.4 Å². The first kappa shape index (κ1) is 13.0. The number of nitrogens with two attached hydrogens (primary N) is 1. The molecule has 0 aliphatic rings. The summed E-state index contributed by atoms with van der Waals surface area (Å²) in [7, 11) is 3.31. The maximum atomic E-state index is 5.46. The molecule has 0 atom stereocenters. The minimum atomic E-state index is 0.579. The predicted octanol–water partition coefficient (Wildman–Crippen LogP) is 1.80. The van der Waals surface area contributed by atoms with Gasteiger partial charge in [0.25, 0.3) is 0 Å². The van der Waals surface area contributed by atoms with Crippen LogP contribution in [0.5, 0.6) is 11.5 Å². The first-order valence-electron chi connectivity index (χ1n) is 5.00. The van der Waals surface area contributed by atoms with E-state index in [9.17, 15) is 0 Å². The van der Waals surface area contributed by atoms with E-state index in [1.165, 1.54) is 0 Å². The molecule has 0 bridgehead atoms. The molecule has 5 heteroatoms. The zero-order chi connectivity index (χ0) is 12.0. The fraction of sp³-hybridized carbons (Fsp3) is 0.455. The summed E-state index contributed by atoms with van der Waals surface area (Å²) in [6.07, 6.45) is 2.00. The lowest BCUT2D eigenvalue weighted by Crippen LogP contribution is -2.13. The molecule has 1 aromatic carbocycles. The second-order valence-electron chi connectivity index (χ2n) is 3.12. The fourth-order valence-electron chi connectivity index (χ4n) is 1.37. The molecule has 0 saturated heterocycles. The number of ether oxygens (including phenoxy) is 2. The highest BCUT2D eigenvalue weighted by Crippen LogP contribution is 2.37. The Bertz CT molecular complexity index is 345. The lowest BCUT2D eigenvalue weighted by atomic mass is 10.2. The quantitative estimate of drug-likeness (QED) is 0.745. The monoisotopic (exact) mass is 242 g/mol. The van der Waals surface area contributed by atoms with Crippen LogP contribution in [0, 0.1) is 0 Å². The number of rotatable bonds is 6. The smallest absolute Gasteiger partial charge is 0.143 e. The largest absolute Gasteiger partial charge is 0.496 e. The highest BCUT2D eigenvalue weighted by Gasteiger charge is 2.09. The maximum absolute atomic E-state index is 5.46. The van der Waals surface area contributed by atoms with E-state index >= 15 is 0 Å². The van der Waals surface area contributed by atoms with Gasteiger partial charge in [0.1, 0.15) is 11.5 Å². The van der Waals surface area contributed by atoms with E-state index in [0.717, 1.165) is 22.1 Å². The van der Waals surface area contributed by atoms with E-state index in [4.69, 9.17) is 15.2 Å². The van der Waals surface area contributed by atoms with E-state index in [2.05, 4.69) is 5.32 Å². The summed E-state index contributed by atoms with van der Waals surface area (Å²) >= 11 is 1.62. The highest BCUT2D eigenvalue weighted by atomic mass is 32.2. The van der Waals surface area contributed by atoms with Crippen molar-refractivity contribution in [1.82, 2.24) is 0 Å². The third-order valence-electron chi connectivity index (χ3n) is 2.17. The number of anilines is 1. The molecule has 4 nitrogen and oxygen atoms in total. The number of nitrogens with one attached hydrogen (secondary N) is 1. The van der Waals surface area contributed by atoms with Gasteiger partial charge < -0.3 is 20.5 Å². The predicted molar refractivity (Wildman–Crippen MR) is 68.9 cm³/mol. The molecule has 0 radical (unpaired) electrons. The minimum absolute atomic E-state index is 0.579. The lowest BCUT2D eigenvalue weighted by molar-refractivity contribution is 0.395. The Balaban J connectivity index is 3.05. The SMILES string of the molecule is COc1cc(SC)c(OC)cc1NCCN. The van der Waals surface area contributed by atoms with Crippen molar-refractivity contribution in [2.24, 2.45) is 5.73 Å². The maximum Gasteiger partial charge on any atom is 0.143 e. The van der Waals surface area contributed by atoms with Crippen LogP contribution in [0.4, 0.5) is 5.69 Å². The molecule has 0 aromatic heterocycles. The molecule has 16 heavy (non-hydrogen) atoms. The average Bonchev–Trinajstić information content (AvgIpc) is 2.35. The second kappa shape index (κ2) is 6.50. The van der Waals surface area contributed by atoms with Crippen molar-refractivity contribution in [1.29, 1.82) is 0 Å². The summed E-state index contributed by atoms with van der Waals surface area (Å²) in [4.78, 5) is 1.05. The van der Waals surface area contributed by atoms with E-state index in [1.807, 2.05) is 18.4 Å². The number of methoxy groups -OCH3 is 2. The Morgan fingerprint density at radius 3 is 2.44 bits per heavy atom. The van der Waals surface area contributed by atoms with Crippen LogP contribution in [0.3, 0.4) is 0 Å². The van der Waals surface area contributed by atoms with Crippen molar-refractivity contribution in [3.63, 3.8) is 0 Å². The third-order valence-corrected chi connectivity index (χ3v) is 2.92. The van der Waals surface area contributed by atoms with E-state index in [-0.39, 0.29) is 0 Å². The molecule has 0 unspecified atom stereocenters. The summed E-state index contributed by atoms with van der Waals surface area (Å²) in [5, 5.41) is 3.20. The first-order valence-corrected chi connectivity index (χ1v) is 6.23. The van der Waals surface area contributed by atoms with E-state index < -0.39 is 0 Å². The zero-order valence-corrected chi connectivity index (χ0v) is 10.7. The standard InChI is InChI=1S/C11H18N2O2S/c1-14-9-7-11(16-3)10(15-2)6-8(9)13-5-4-12/h6-7,13H,4-5,12H2,1-3H3. The molecule has 90 valence electrons. The van der Waals surface area contributed by atoms with Crippen LogP contribution in [-0.2, 0) is 0 Å². The molecular weight excluding hydrogens is 224 g/mol. The lowest BCUT2D eigenvalue weighted by Gasteiger charge is -2.14. The Kier molecular flexibility index (Phi) is 5.28. The summed E-state index contributed by atoms with van der Waals surface area (Å²) in [5.74, 6) is 1.64. The zero-order valence-electron chi connectivity index (χ0n) is 9.87. The molecule has 0 aliphatic heterocycles. The van der Waals surface area contributed by atoms with Gasteiger partial charge in [0.05, 0.1) is 24.8 Å². The first-order chi connectivity index (χ1) is 7.76. The van der Waals surface area contributed by atoms with Crippen LogP contribution in [0.1, 0.15) is 0 Å². The van der Waals surface area contributed by atoms with Gasteiger partial charge in [-0.15, -0.1) is 11.8 Å². The van der Waals surface area contributed by atoms with E-state index in [0.29, 0.717) is 13.1 Å². The van der Waals surface area contributed by atoms with Crippen LogP contribution in [0.2, 0.25) is 0 Å². The molecular formula is C11H18N2O2S. The molecule has 1 aromatic rings. The normalized spacial score (nSPS) is 10.0. The van der Waals surface area contributed by atoms with E-state index in [1.54, 1.807) is 26.0 Å². The van der Waals surface area contributed by atoms with Crippen LogP contribution >= 0.6 is 11.8 Å². The van der Waals surface area contributed by atoms with Crippen molar-refractivity contribution in [3.8, 4) is 11.5 Å². The van der Waals surface area contributed by atoms with Crippen molar-refractivity contribution in [3.05, 3.63) is 12.1 Å².